The number of benzene rings is 1. The Bertz CT molecular complexity index is 625. The number of nitrogens with zero attached hydrogens (tertiary/aromatic N) is 1. The summed E-state index contributed by atoms with van der Waals surface area (Å²) in [5, 5.41) is 9.36. The van der Waals surface area contributed by atoms with Gasteiger partial charge in [-0.1, -0.05) is 18.2 Å². The number of ether oxygens (including phenoxy) is 1. The second-order valence-electron chi connectivity index (χ2n) is 4.04. The van der Waals surface area contributed by atoms with Crippen LogP contribution in [0.1, 0.15) is 22.8 Å². The van der Waals surface area contributed by atoms with E-state index in [9.17, 15) is 9.90 Å². The molecule has 20 heavy (non-hydrogen) atoms. The Morgan fingerprint density at radius 3 is 2.95 bits per heavy atom. The maximum absolute atomic E-state index is 11.4. The normalized spacial score (nSPS) is 20.9. The zero-order valence-corrected chi connectivity index (χ0v) is 11.1. The quantitative estimate of drug-likeness (QED) is 0.912. The van der Waals surface area contributed by atoms with Gasteiger partial charge in [0, 0.05) is 18.0 Å². The third-order valence-electron chi connectivity index (χ3n) is 2.74. The molecule has 1 aliphatic heterocycles. The first-order chi connectivity index (χ1) is 9.74. The number of aliphatic imine (C=N–C) groups is 1. The first kappa shape index (κ1) is 13.8. The maximum atomic E-state index is 11.4. The summed E-state index contributed by atoms with van der Waals surface area (Å²) >= 11 is 0. The molecule has 0 aliphatic carbocycles. The van der Waals surface area contributed by atoms with Crippen molar-refractivity contribution in [1.82, 2.24) is 0 Å². The van der Waals surface area contributed by atoms with Crippen molar-refractivity contribution in [3.05, 3.63) is 59.8 Å². The molecule has 0 atom stereocenters. The van der Waals surface area contributed by atoms with Crippen LogP contribution < -0.4 is 4.74 Å². The van der Waals surface area contributed by atoms with Crippen molar-refractivity contribution >= 4 is 17.8 Å². The fraction of sp³-hybridized carbons (Fsp3) is 0.125. The standard InChI is InChI=1S/C16H15NO3/c1-2-20-14-8-5-7-13(16(18)19)15(14)12-6-3-4-10-17-11-9-12/h3-11H,2H2,1H3,(H,18,19)/b4-3-,6-3?,10-4?,11-9-,12-6+,12-9?,17-10-,17-11?. The van der Waals surface area contributed by atoms with Gasteiger partial charge in [0.15, 0.2) is 0 Å². The van der Waals surface area contributed by atoms with Crippen LogP contribution in [0.25, 0.3) is 5.57 Å². The number of carbonyl (C=O) groups is 1. The number of hydrogen-bond donors (Lipinski definition) is 1. The lowest BCUT2D eigenvalue weighted by molar-refractivity contribution is 0.0696. The summed E-state index contributed by atoms with van der Waals surface area (Å²) in [6.07, 6.45) is 10.5. The van der Waals surface area contributed by atoms with Gasteiger partial charge in [-0.3, -0.25) is 4.99 Å². The Balaban J connectivity index is 2.60. The van der Waals surface area contributed by atoms with Crippen LogP contribution in [0.5, 0.6) is 5.75 Å². The second-order valence-corrected chi connectivity index (χ2v) is 4.04. The molecule has 0 saturated carbocycles. The largest absolute Gasteiger partial charge is 0.493 e. The molecular weight excluding hydrogens is 254 g/mol. The third kappa shape index (κ3) is 3.03. The third-order valence-corrected chi connectivity index (χ3v) is 2.74. The maximum Gasteiger partial charge on any atom is 0.336 e. The Labute approximate surface area is 117 Å². The first-order valence-corrected chi connectivity index (χ1v) is 6.30. The van der Waals surface area contributed by atoms with Crippen molar-refractivity contribution in [3.8, 4) is 5.75 Å². The molecule has 0 fully saturated rings. The molecule has 2 rings (SSSR count). The molecular formula is C16H15NO3. The lowest BCUT2D eigenvalue weighted by Gasteiger charge is -2.13. The number of carboxylic acids is 1. The van der Waals surface area contributed by atoms with Gasteiger partial charge in [0.25, 0.3) is 0 Å². The van der Waals surface area contributed by atoms with E-state index in [4.69, 9.17) is 4.74 Å². The number of hydrogen-bond acceptors (Lipinski definition) is 3. The predicted octanol–water partition coefficient (Wildman–Crippen LogP) is 3.32. The zero-order valence-electron chi connectivity index (χ0n) is 11.1. The van der Waals surface area contributed by atoms with E-state index < -0.39 is 5.97 Å². The Morgan fingerprint density at radius 2 is 2.20 bits per heavy atom. The summed E-state index contributed by atoms with van der Waals surface area (Å²) in [5.74, 6) is -0.424. The summed E-state index contributed by atoms with van der Waals surface area (Å²) in [7, 11) is 0. The van der Waals surface area contributed by atoms with Gasteiger partial charge >= 0.3 is 5.97 Å². The molecule has 0 aromatic heterocycles. The summed E-state index contributed by atoms with van der Waals surface area (Å²) in [4.78, 5) is 15.5. The SMILES string of the molecule is CCOc1cccc(C(=O)O)c1C1=C/C=C\C=N/C=C\1. The predicted molar refractivity (Wildman–Crippen MR) is 79.3 cm³/mol. The van der Waals surface area contributed by atoms with Gasteiger partial charge in [-0.05, 0) is 36.8 Å². The second kappa shape index (κ2) is 6.52. The van der Waals surface area contributed by atoms with E-state index in [1.165, 1.54) is 0 Å². The molecule has 1 heterocycles. The van der Waals surface area contributed by atoms with Crippen molar-refractivity contribution in [1.29, 1.82) is 0 Å². The topological polar surface area (TPSA) is 58.9 Å². The van der Waals surface area contributed by atoms with Crippen LogP contribution in [0, 0.1) is 0 Å². The highest BCUT2D eigenvalue weighted by atomic mass is 16.5. The average Bonchev–Trinajstić information content (AvgIpc) is 2.39. The highest BCUT2D eigenvalue weighted by Gasteiger charge is 2.17. The molecule has 1 aromatic rings. The fourth-order valence-electron chi connectivity index (χ4n) is 1.94. The van der Waals surface area contributed by atoms with Gasteiger partial charge in [0.2, 0.25) is 0 Å². The van der Waals surface area contributed by atoms with Crippen LogP contribution in [-0.2, 0) is 0 Å². The molecule has 4 nitrogen and oxygen atoms in total. The molecule has 1 aromatic carbocycles. The Hall–Kier alpha value is -2.62. The molecule has 1 N–H and O–H groups in total. The monoisotopic (exact) mass is 269 g/mol. The number of carboxylic acid groups (broad SMARTS) is 1. The molecule has 0 unspecified atom stereocenters. The Kier molecular flexibility index (Phi) is 4.50. The van der Waals surface area contributed by atoms with Crippen molar-refractivity contribution in [2.75, 3.05) is 6.61 Å². The van der Waals surface area contributed by atoms with E-state index in [2.05, 4.69) is 4.99 Å². The number of rotatable bonds is 4. The minimum Gasteiger partial charge on any atom is -0.493 e. The summed E-state index contributed by atoms with van der Waals surface area (Å²) in [6.45, 7) is 2.34. The van der Waals surface area contributed by atoms with Crippen LogP contribution >= 0.6 is 0 Å². The van der Waals surface area contributed by atoms with Crippen molar-refractivity contribution in [2.45, 2.75) is 6.92 Å². The number of aromatic carboxylic acids is 1. The minimum absolute atomic E-state index is 0.213. The van der Waals surface area contributed by atoms with E-state index >= 15 is 0 Å². The van der Waals surface area contributed by atoms with Gasteiger partial charge in [-0.25, -0.2) is 4.79 Å². The van der Waals surface area contributed by atoms with Gasteiger partial charge < -0.3 is 9.84 Å². The summed E-state index contributed by atoms with van der Waals surface area (Å²) in [6, 6.07) is 5.02. The fourth-order valence-corrected chi connectivity index (χ4v) is 1.94. The minimum atomic E-state index is -0.981. The lowest BCUT2D eigenvalue weighted by atomic mass is 9.97. The van der Waals surface area contributed by atoms with E-state index in [1.54, 1.807) is 42.8 Å². The van der Waals surface area contributed by atoms with E-state index in [0.29, 0.717) is 17.9 Å². The van der Waals surface area contributed by atoms with Gasteiger partial charge in [0.05, 0.1) is 12.2 Å². The molecule has 4 heteroatoms. The first-order valence-electron chi connectivity index (χ1n) is 6.30. The van der Waals surface area contributed by atoms with Crippen LogP contribution in [0.3, 0.4) is 0 Å². The summed E-state index contributed by atoms with van der Waals surface area (Å²) in [5.41, 5.74) is 1.53. The molecule has 102 valence electrons. The smallest absolute Gasteiger partial charge is 0.336 e. The Morgan fingerprint density at radius 1 is 1.35 bits per heavy atom. The van der Waals surface area contributed by atoms with E-state index in [0.717, 1.165) is 5.57 Å². The molecule has 1 aliphatic rings. The van der Waals surface area contributed by atoms with Crippen LogP contribution in [0.15, 0.2) is 53.7 Å². The van der Waals surface area contributed by atoms with E-state index in [1.807, 2.05) is 19.1 Å². The van der Waals surface area contributed by atoms with Gasteiger partial charge in [-0.2, -0.15) is 0 Å². The van der Waals surface area contributed by atoms with Gasteiger partial charge in [-0.15, -0.1) is 0 Å². The van der Waals surface area contributed by atoms with Crippen LogP contribution in [0.2, 0.25) is 0 Å². The highest BCUT2D eigenvalue weighted by molar-refractivity contribution is 5.97. The lowest BCUT2D eigenvalue weighted by Crippen LogP contribution is -2.05. The summed E-state index contributed by atoms with van der Waals surface area (Å²) < 4.78 is 5.55. The van der Waals surface area contributed by atoms with Crippen LogP contribution in [0.4, 0.5) is 0 Å². The molecule has 0 saturated heterocycles. The average molecular weight is 269 g/mol. The van der Waals surface area contributed by atoms with E-state index in [-0.39, 0.29) is 5.56 Å². The van der Waals surface area contributed by atoms with Gasteiger partial charge in [0.1, 0.15) is 5.75 Å². The highest BCUT2D eigenvalue weighted by Crippen LogP contribution is 2.31. The molecule has 0 radical (unpaired) electrons. The van der Waals surface area contributed by atoms with Crippen molar-refractivity contribution < 1.29 is 14.6 Å². The number of allylic oxidation sites excluding steroid dienone is 5. The zero-order chi connectivity index (χ0) is 14.4. The van der Waals surface area contributed by atoms with Crippen molar-refractivity contribution in [3.63, 3.8) is 0 Å². The molecule has 0 bridgehead atoms. The van der Waals surface area contributed by atoms with Crippen molar-refractivity contribution in [2.24, 2.45) is 4.99 Å². The molecule has 0 amide bonds. The van der Waals surface area contributed by atoms with Crippen LogP contribution in [-0.4, -0.2) is 23.9 Å². The molecule has 0 spiro atoms.